The number of nitrogens with zero attached hydrogens (tertiary/aromatic N) is 2. The third-order valence-electron chi connectivity index (χ3n) is 2.85. The van der Waals surface area contributed by atoms with Crippen LogP contribution in [0, 0.1) is 5.92 Å². The summed E-state index contributed by atoms with van der Waals surface area (Å²) in [5, 5.41) is 8.98. The Balaban J connectivity index is 2.13. The summed E-state index contributed by atoms with van der Waals surface area (Å²) in [4.78, 5) is 27.2. The van der Waals surface area contributed by atoms with Crippen molar-refractivity contribution in [1.29, 1.82) is 0 Å². The number of thioether (sulfide) groups is 1. The molecule has 7 nitrogen and oxygen atoms in total. The Labute approximate surface area is 132 Å². The van der Waals surface area contributed by atoms with Crippen molar-refractivity contribution in [3.8, 4) is 11.4 Å². The first-order chi connectivity index (χ1) is 10.5. The normalized spacial score (nSPS) is 12.1. The molecule has 0 saturated heterocycles. The van der Waals surface area contributed by atoms with Crippen LogP contribution in [0.2, 0.25) is 0 Å². The summed E-state index contributed by atoms with van der Waals surface area (Å²) in [5.74, 6) is 0.169. The summed E-state index contributed by atoms with van der Waals surface area (Å²) in [6, 6.07) is 8.68. The zero-order chi connectivity index (χ0) is 16.1. The highest BCUT2D eigenvalue weighted by Gasteiger charge is 2.26. The predicted octanol–water partition coefficient (Wildman–Crippen LogP) is 1.78. The molecule has 0 bridgehead atoms. The number of benzene rings is 1. The lowest BCUT2D eigenvalue weighted by Crippen LogP contribution is -2.42. The van der Waals surface area contributed by atoms with Crippen molar-refractivity contribution in [2.45, 2.75) is 24.3 Å². The Morgan fingerprint density at radius 1 is 1.27 bits per heavy atom. The van der Waals surface area contributed by atoms with Crippen molar-refractivity contribution in [3.63, 3.8) is 0 Å². The lowest BCUT2D eigenvalue weighted by atomic mass is 10.1. The third kappa shape index (κ3) is 4.08. The fourth-order valence-corrected chi connectivity index (χ4v) is 2.73. The Hall–Kier alpha value is -2.35. The van der Waals surface area contributed by atoms with Crippen LogP contribution in [0.4, 0.5) is 4.79 Å². The molecule has 8 heteroatoms. The average molecular weight is 319 g/mol. The summed E-state index contributed by atoms with van der Waals surface area (Å²) in [7, 11) is 0. The third-order valence-corrected chi connectivity index (χ3v) is 4.26. The van der Waals surface area contributed by atoms with Gasteiger partial charge >= 0.3 is 6.03 Å². The van der Waals surface area contributed by atoms with Gasteiger partial charge in [0.2, 0.25) is 11.1 Å². The van der Waals surface area contributed by atoms with Crippen LogP contribution in [0.5, 0.6) is 0 Å². The number of primary amides is 1. The van der Waals surface area contributed by atoms with Crippen molar-refractivity contribution in [3.05, 3.63) is 30.3 Å². The first kappa shape index (κ1) is 16.0. The number of carbonyl (C=O) groups is 2. The summed E-state index contributed by atoms with van der Waals surface area (Å²) in [6.45, 7) is 3.76. The molecule has 0 aliphatic heterocycles. The van der Waals surface area contributed by atoms with Crippen molar-refractivity contribution in [2.24, 2.45) is 11.7 Å². The smallest absolute Gasteiger partial charge is 0.318 e. The second kappa shape index (κ2) is 7.08. The molecule has 22 heavy (non-hydrogen) atoms. The zero-order valence-corrected chi connectivity index (χ0v) is 13.1. The quantitative estimate of drug-likeness (QED) is 0.727. The van der Waals surface area contributed by atoms with Gasteiger partial charge in [-0.3, -0.25) is 15.2 Å². The van der Waals surface area contributed by atoms with Crippen molar-refractivity contribution in [1.82, 2.24) is 20.5 Å². The van der Waals surface area contributed by atoms with Gasteiger partial charge in [-0.25, -0.2) is 9.78 Å². The number of rotatable bonds is 5. The van der Waals surface area contributed by atoms with Crippen molar-refractivity contribution < 1.29 is 9.59 Å². The molecule has 0 aliphatic rings. The van der Waals surface area contributed by atoms with Gasteiger partial charge in [-0.15, -0.1) is 5.10 Å². The van der Waals surface area contributed by atoms with E-state index >= 15 is 0 Å². The van der Waals surface area contributed by atoms with Gasteiger partial charge in [-0.2, -0.15) is 0 Å². The molecule has 0 saturated carbocycles. The van der Waals surface area contributed by atoms with E-state index in [9.17, 15) is 9.59 Å². The molecule has 1 aromatic carbocycles. The molecular formula is C14H17N5O2S. The van der Waals surface area contributed by atoms with E-state index in [-0.39, 0.29) is 5.92 Å². The van der Waals surface area contributed by atoms with Gasteiger partial charge in [0.05, 0.1) is 5.25 Å². The molecule has 1 heterocycles. The van der Waals surface area contributed by atoms with Crippen LogP contribution in [0.1, 0.15) is 13.8 Å². The molecule has 0 aliphatic carbocycles. The molecule has 2 rings (SSSR count). The number of imide groups is 1. The van der Waals surface area contributed by atoms with Crippen LogP contribution in [0.15, 0.2) is 35.5 Å². The Morgan fingerprint density at radius 3 is 2.55 bits per heavy atom. The highest BCUT2D eigenvalue weighted by molar-refractivity contribution is 8.00. The average Bonchev–Trinajstić information content (AvgIpc) is 2.93. The van der Waals surface area contributed by atoms with Crippen LogP contribution in [0.25, 0.3) is 11.4 Å². The molecular weight excluding hydrogens is 302 g/mol. The van der Waals surface area contributed by atoms with Gasteiger partial charge in [0, 0.05) is 5.56 Å². The minimum Gasteiger partial charge on any atom is -0.351 e. The van der Waals surface area contributed by atoms with Gasteiger partial charge in [-0.05, 0) is 5.92 Å². The van der Waals surface area contributed by atoms with E-state index in [1.807, 2.05) is 44.2 Å². The second-order valence-corrected chi connectivity index (χ2v) is 6.08. The van der Waals surface area contributed by atoms with E-state index in [0.29, 0.717) is 11.0 Å². The summed E-state index contributed by atoms with van der Waals surface area (Å²) in [6.07, 6.45) is 0. The summed E-state index contributed by atoms with van der Waals surface area (Å²) in [5.41, 5.74) is 5.89. The second-order valence-electron chi connectivity index (χ2n) is 4.97. The Morgan fingerprint density at radius 2 is 1.95 bits per heavy atom. The number of H-pyrrole nitrogens is 1. The van der Waals surface area contributed by atoms with E-state index in [2.05, 4.69) is 20.5 Å². The molecule has 1 atom stereocenters. The number of hydrogen-bond acceptors (Lipinski definition) is 5. The predicted molar refractivity (Wildman–Crippen MR) is 84.0 cm³/mol. The van der Waals surface area contributed by atoms with Gasteiger partial charge in [0.1, 0.15) is 0 Å². The van der Waals surface area contributed by atoms with Crippen LogP contribution in [-0.4, -0.2) is 32.4 Å². The first-order valence-electron chi connectivity index (χ1n) is 6.72. The summed E-state index contributed by atoms with van der Waals surface area (Å²) >= 11 is 1.19. The minimum absolute atomic E-state index is 0.0111. The maximum atomic E-state index is 12.0. The number of aromatic amines is 1. The molecule has 0 spiro atoms. The lowest BCUT2D eigenvalue weighted by molar-refractivity contribution is -0.120. The SMILES string of the molecule is CC(C)[C@@H](Sc1n[nH]c(-c2ccccc2)n1)C(=O)NC(N)=O. The number of carbonyl (C=O) groups excluding carboxylic acids is 2. The highest BCUT2D eigenvalue weighted by Crippen LogP contribution is 2.27. The number of nitrogens with two attached hydrogens (primary N) is 1. The Kier molecular flexibility index (Phi) is 5.16. The monoisotopic (exact) mass is 319 g/mol. The van der Waals surface area contributed by atoms with E-state index in [1.54, 1.807) is 0 Å². The molecule has 2 aromatic rings. The number of hydrogen-bond donors (Lipinski definition) is 3. The van der Waals surface area contributed by atoms with Gasteiger partial charge in [0.15, 0.2) is 5.82 Å². The molecule has 0 unspecified atom stereocenters. The first-order valence-corrected chi connectivity index (χ1v) is 7.60. The molecule has 1 aromatic heterocycles. The minimum atomic E-state index is -0.865. The van der Waals surface area contributed by atoms with E-state index in [0.717, 1.165) is 5.56 Å². The van der Waals surface area contributed by atoms with Crippen LogP contribution in [0.3, 0.4) is 0 Å². The molecule has 0 fully saturated rings. The van der Waals surface area contributed by atoms with Crippen molar-refractivity contribution >= 4 is 23.7 Å². The molecule has 3 amide bonds. The van der Waals surface area contributed by atoms with E-state index < -0.39 is 17.2 Å². The zero-order valence-electron chi connectivity index (χ0n) is 12.2. The maximum Gasteiger partial charge on any atom is 0.318 e. The number of urea groups is 1. The topological polar surface area (TPSA) is 114 Å². The molecule has 116 valence electrons. The van der Waals surface area contributed by atoms with Crippen LogP contribution in [-0.2, 0) is 4.79 Å². The summed E-state index contributed by atoms with van der Waals surface area (Å²) < 4.78 is 0. The van der Waals surface area contributed by atoms with Gasteiger partial charge in [-0.1, -0.05) is 55.9 Å². The molecule has 0 radical (unpaired) electrons. The fraction of sp³-hybridized carbons (Fsp3) is 0.286. The highest BCUT2D eigenvalue weighted by atomic mass is 32.2. The fourth-order valence-electron chi connectivity index (χ4n) is 1.82. The maximum absolute atomic E-state index is 12.0. The van der Waals surface area contributed by atoms with E-state index in [4.69, 9.17) is 5.73 Å². The lowest BCUT2D eigenvalue weighted by Gasteiger charge is -2.16. The number of aromatic nitrogens is 3. The standard InChI is InChI=1S/C14H17N5O2S/c1-8(2)10(12(20)17-13(15)21)22-14-16-11(18-19-14)9-6-4-3-5-7-9/h3-8,10H,1-2H3,(H,16,18,19)(H3,15,17,20,21)/t10-/m1/s1. The number of amides is 3. The van der Waals surface area contributed by atoms with Crippen molar-refractivity contribution in [2.75, 3.05) is 0 Å². The van der Waals surface area contributed by atoms with Crippen LogP contribution >= 0.6 is 11.8 Å². The largest absolute Gasteiger partial charge is 0.351 e. The van der Waals surface area contributed by atoms with Gasteiger partial charge in [0.25, 0.3) is 0 Å². The Bertz CT molecular complexity index is 656. The van der Waals surface area contributed by atoms with Crippen LogP contribution < -0.4 is 11.1 Å². The van der Waals surface area contributed by atoms with E-state index in [1.165, 1.54) is 11.8 Å². The van der Waals surface area contributed by atoms with Gasteiger partial charge < -0.3 is 5.73 Å². The molecule has 4 N–H and O–H groups in total. The number of nitrogens with one attached hydrogen (secondary N) is 2.